The quantitative estimate of drug-likeness (QED) is 0.107. The third-order valence-corrected chi connectivity index (χ3v) is 2.77. The molecule has 0 aromatic rings. The van der Waals surface area contributed by atoms with Gasteiger partial charge in [0.15, 0.2) is 0 Å². The van der Waals surface area contributed by atoms with Crippen molar-refractivity contribution >= 4 is 23.9 Å². The molecule has 12 heteroatoms. The van der Waals surface area contributed by atoms with Crippen LogP contribution in [0.1, 0.15) is 26.7 Å². The summed E-state index contributed by atoms with van der Waals surface area (Å²) in [4.78, 5) is 41.5. The van der Waals surface area contributed by atoms with E-state index >= 15 is 0 Å². The first-order valence-corrected chi connectivity index (χ1v) is 10.7. The van der Waals surface area contributed by atoms with E-state index in [1.54, 1.807) is 13.8 Å². The zero-order valence-corrected chi connectivity index (χ0v) is 21.1. The van der Waals surface area contributed by atoms with E-state index < -0.39 is 23.9 Å². The van der Waals surface area contributed by atoms with Crippen molar-refractivity contribution in [3.63, 3.8) is 0 Å². The predicted octanol–water partition coefficient (Wildman–Crippen LogP) is 0.392. The number of aliphatic hydroxyl groups excluding tert-OH is 4. The molecule has 0 fully saturated rings. The minimum Gasteiger partial charge on any atom is -0.462 e. The molecule has 0 amide bonds. The molecule has 0 aromatic carbocycles. The monoisotopic (exact) mass is 520 g/mol. The summed E-state index contributed by atoms with van der Waals surface area (Å²) in [5, 5.41) is 32.8. The van der Waals surface area contributed by atoms with Gasteiger partial charge in [0.1, 0.15) is 13.2 Å². The topological polar surface area (TPSA) is 186 Å². The van der Waals surface area contributed by atoms with Gasteiger partial charge in [0.2, 0.25) is 0 Å². The largest absolute Gasteiger partial charge is 0.462 e. The lowest BCUT2D eigenvalue weighted by Crippen LogP contribution is -2.08. The van der Waals surface area contributed by atoms with Gasteiger partial charge in [0.05, 0.1) is 26.4 Å². The maximum absolute atomic E-state index is 10.6. The number of hydrogen-bond acceptors (Lipinski definition) is 12. The summed E-state index contributed by atoms with van der Waals surface area (Å²) in [6.07, 6.45) is 3.12. The number of ether oxygens (including phenoxy) is 4. The van der Waals surface area contributed by atoms with E-state index in [0.717, 1.165) is 12.2 Å². The standard InChI is InChI=1S/C7H12O3.2C6H10O3.C5H8O3/c1-6(2)7(9)10-5-3-4-8;1-5(2)6(8)9-4-3-7;1-2-6(8)9-5-3-4-7;1-2-5(7)8-4-3-6/h8H,1,3-5H2,2H3;7H,1,3-4H2,2H3;2,7H,1,3-5H2;2,6H,1,3-4H2. The molecule has 0 heterocycles. The van der Waals surface area contributed by atoms with Gasteiger partial charge in [-0.15, -0.1) is 0 Å². The van der Waals surface area contributed by atoms with Gasteiger partial charge in [-0.3, -0.25) is 0 Å². The van der Waals surface area contributed by atoms with Crippen molar-refractivity contribution in [3.8, 4) is 0 Å². The van der Waals surface area contributed by atoms with Crippen molar-refractivity contribution in [3.05, 3.63) is 49.6 Å². The molecule has 0 aliphatic carbocycles. The van der Waals surface area contributed by atoms with E-state index in [1.165, 1.54) is 0 Å². The van der Waals surface area contributed by atoms with Crippen LogP contribution in [0.2, 0.25) is 0 Å². The minimum atomic E-state index is -0.501. The van der Waals surface area contributed by atoms with Crippen molar-refractivity contribution < 1.29 is 58.6 Å². The van der Waals surface area contributed by atoms with Gasteiger partial charge in [0.25, 0.3) is 0 Å². The molecular formula is C24H40O12. The van der Waals surface area contributed by atoms with Crippen LogP contribution >= 0.6 is 0 Å². The summed E-state index contributed by atoms with van der Waals surface area (Å²) < 4.78 is 18.0. The van der Waals surface area contributed by atoms with Crippen molar-refractivity contribution in [1.29, 1.82) is 0 Å². The lowest BCUT2D eigenvalue weighted by Gasteiger charge is -2.00. The van der Waals surface area contributed by atoms with Gasteiger partial charge < -0.3 is 39.4 Å². The van der Waals surface area contributed by atoms with Gasteiger partial charge in [-0.1, -0.05) is 26.3 Å². The fraction of sp³-hybridized carbons (Fsp3) is 0.500. The molecule has 0 aliphatic heterocycles. The van der Waals surface area contributed by atoms with Crippen LogP contribution in [-0.2, 0) is 38.1 Å². The van der Waals surface area contributed by atoms with Crippen LogP contribution < -0.4 is 0 Å². The van der Waals surface area contributed by atoms with Crippen molar-refractivity contribution in [2.75, 3.05) is 52.9 Å². The smallest absolute Gasteiger partial charge is 0.333 e. The second-order valence-electron chi connectivity index (χ2n) is 6.18. The molecule has 0 atom stereocenters. The Balaban J connectivity index is -0.000000190. The molecule has 0 radical (unpaired) electrons. The normalized spacial score (nSPS) is 8.61. The Morgan fingerprint density at radius 2 is 0.889 bits per heavy atom. The molecule has 4 N–H and O–H groups in total. The maximum Gasteiger partial charge on any atom is 0.333 e. The number of hydrogen-bond donors (Lipinski definition) is 4. The highest BCUT2D eigenvalue weighted by molar-refractivity contribution is 5.87. The average Bonchev–Trinajstić information content (AvgIpc) is 2.86. The van der Waals surface area contributed by atoms with Crippen LogP contribution in [0.5, 0.6) is 0 Å². The lowest BCUT2D eigenvalue weighted by atomic mass is 10.4. The van der Waals surface area contributed by atoms with Crippen LogP contribution in [-0.4, -0.2) is 97.2 Å². The van der Waals surface area contributed by atoms with E-state index in [0.29, 0.717) is 24.0 Å². The highest BCUT2D eigenvalue weighted by atomic mass is 16.5. The van der Waals surface area contributed by atoms with Gasteiger partial charge in [-0.2, -0.15) is 0 Å². The number of esters is 4. The van der Waals surface area contributed by atoms with Gasteiger partial charge in [-0.25, -0.2) is 19.2 Å². The summed E-state index contributed by atoms with van der Waals surface area (Å²) >= 11 is 0. The Morgan fingerprint density at radius 1 is 0.583 bits per heavy atom. The first kappa shape index (κ1) is 39.9. The third-order valence-electron chi connectivity index (χ3n) is 2.77. The molecule has 0 aliphatic rings. The van der Waals surface area contributed by atoms with Gasteiger partial charge in [-0.05, 0) is 13.8 Å². The zero-order chi connectivity index (χ0) is 28.8. The Kier molecular flexibility index (Phi) is 35.1. The van der Waals surface area contributed by atoms with E-state index in [-0.39, 0.29) is 52.9 Å². The SMILES string of the molecule is C=C(C)C(=O)OCCCO.C=C(C)C(=O)OCCO.C=CC(=O)OCCCO.C=CC(=O)OCCO. The van der Waals surface area contributed by atoms with Gasteiger partial charge >= 0.3 is 23.9 Å². The van der Waals surface area contributed by atoms with Crippen LogP contribution in [0.4, 0.5) is 0 Å². The molecule has 208 valence electrons. The molecule has 0 unspecified atom stereocenters. The molecular weight excluding hydrogens is 480 g/mol. The summed E-state index contributed by atoms with van der Waals surface area (Å²) in [5.74, 6) is -1.79. The summed E-state index contributed by atoms with van der Waals surface area (Å²) in [7, 11) is 0. The van der Waals surface area contributed by atoms with E-state index in [2.05, 4.69) is 45.3 Å². The number of carbonyl (C=O) groups excluding carboxylic acids is 4. The van der Waals surface area contributed by atoms with Crippen LogP contribution in [0, 0.1) is 0 Å². The van der Waals surface area contributed by atoms with Crippen molar-refractivity contribution in [1.82, 2.24) is 0 Å². The van der Waals surface area contributed by atoms with Gasteiger partial charge in [0, 0.05) is 49.4 Å². The Hall–Kier alpha value is -3.32. The van der Waals surface area contributed by atoms with Crippen molar-refractivity contribution in [2.24, 2.45) is 0 Å². The fourth-order valence-corrected chi connectivity index (χ4v) is 1.12. The molecule has 12 nitrogen and oxygen atoms in total. The molecule has 36 heavy (non-hydrogen) atoms. The fourth-order valence-electron chi connectivity index (χ4n) is 1.12. The highest BCUT2D eigenvalue weighted by Crippen LogP contribution is 1.92. The zero-order valence-electron chi connectivity index (χ0n) is 21.1. The molecule has 0 spiro atoms. The second kappa shape index (κ2) is 31.7. The van der Waals surface area contributed by atoms with E-state index in [4.69, 9.17) is 20.4 Å². The van der Waals surface area contributed by atoms with Crippen LogP contribution in [0.25, 0.3) is 0 Å². The minimum absolute atomic E-state index is 0.0451. The first-order chi connectivity index (χ1) is 17.0. The number of rotatable bonds is 14. The van der Waals surface area contributed by atoms with Crippen molar-refractivity contribution in [2.45, 2.75) is 26.7 Å². The summed E-state index contributed by atoms with van der Waals surface area (Å²) in [6, 6.07) is 0. The van der Waals surface area contributed by atoms with Crippen LogP contribution in [0.3, 0.4) is 0 Å². The lowest BCUT2D eigenvalue weighted by molar-refractivity contribution is -0.140. The maximum atomic E-state index is 10.6. The Morgan fingerprint density at radius 3 is 1.19 bits per heavy atom. The third kappa shape index (κ3) is 38.0. The molecule has 0 saturated carbocycles. The molecule has 0 saturated heterocycles. The number of carbonyl (C=O) groups is 4. The molecule has 0 bridgehead atoms. The predicted molar refractivity (Wildman–Crippen MR) is 131 cm³/mol. The second-order valence-corrected chi connectivity index (χ2v) is 6.18. The highest BCUT2D eigenvalue weighted by Gasteiger charge is 2.01. The molecule has 0 rings (SSSR count). The molecule has 0 aromatic heterocycles. The van der Waals surface area contributed by atoms with Crippen LogP contribution in [0.15, 0.2) is 49.6 Å². The average molecular weight is 521 g/mol. The van der Waals surface area contributed by atoms with E-state index in [1.807, 2.05) is 0 Å². The Bertz CT molecular complexity index is 653. The number of aliphatic hydroxyl groups is 4. The summed E-state index contributed by atoms with van der Waals surface area (Å²) in [6.45, 7) is 16.7. The first-order valence-electron chi connectivity index (χ1n) is 10.7. The summed E-state index contributed by atoms with van der Waals surface area (Å²) in [5.41, 5.74) is 0.737. The Labute approximate surface area is 212 Å². The van der Waals surface area contributed by atoms with E-state index in [9.17, 15) is 19.2 Å².